The number of halogens is 3. The molecule has 2 rings (SSSR count). The second kappa shape index (κ2) is 6.30. The Morgan fingerprint density at radius 3 is 2.29 bits per heavy atom. The molecule has 1 aliphatic heterocycles. The van der Waals surface area contributed by atoms with Crippen LogP contribution in [0.3, 0.4) is 0 Å². The van der Waals surface area contributed by atoms with Crippen molar-refractivity contribution < 1.29 is 18.1 Å². The van der Waals surface area contributed by atoms with Crippen molar-refractivity contribution in [1.29, 1.82) is 0 Å². The van der Waals surface area contributed by atoms with E-state index in [1.165, 1.54) is 17.0 Å². The fourth-order valence-electron chi connectivity index (χ4n) is 2.40. The Balaban J connectivity index is 1.82. The van der Waals surface area contributed by atoms with Crippen molar-refractivity contribution in [1.82, 2.24) is 4.90 Å². The summed E-state index contributed by atoms with van der Waals surface area (Å²) in [6, 6.07) is 6.12. The number of likely N-dealkylation sites (tertiary alicyclic amines) is 1. The Labute approximate surface area is 119 Å². The van der Waals surface area contributed by atoms with E-state index in [-0.39, 0.29) is 11.7 Å². The first-order valence-corrected chi connectivity index (χ1v) is 6.63. The molecule has 0 bridgehead atoms. The molecule has 0 aromatic heterocycles. The molecule has 8 heteroatoms. The molecule has 1 aromatic rings. The highest BCUT2D eigenvalue weighted by Crippen LogP contribution is 2.22. The first-order valence-electron chi connectivity index (χ1n) is 6.63. The lowest BCUT2D eigenvalue weighted by atomic mass is 10.0. The third kappa shape index (κ3) is 4.89. The highest BCUT2D eigenvalue weighted by Gasteiger charge is 2.32. The predicted molar refractivity (Wildman–Crippen MR) is 72.2 cm³/mol. The van der Waals surface area contributed by atoms with Gasteiger partial charge >= 0.3 is 6.18 Å². The van der Waals surface area contributed by atoms with Gasteiger partial charge in [0.2, 0.25) is 0 Å². The maximum atomic E-state index is 12.3. The minimum atomic E-state index is -4.15. The van der Waals surface area contributed by atoms with Gasteiger partial charge in [-0.25, -0.2) is 0 Å². The normalized spacial score (nSPS) is 17.7. The molecular weight excluding hydrogens is 287 g/mol. The standard InChI is InChI=1S/C13H16F3N3O2/c14-13(15,16)9-18-7-5-11(6-8-18)17-10-1-3-12(4-2-10)19(20)21/h1-4,11,17H,5-9H2. The summed E-state index contributed by atoms with van der Waals surface area (Å²) in [6.07, 6.45) is -2.92. The smallest absolute Gasteiger partial charge is 0.382 e. The van der Waals surface area contributed by atoms with Crippen molar-refractivity contribution in [2.45, 2.75) is 25.1 Å². The molecule has 1 fully saturated rings. The maximum Gasteiger partial charge on any atom is 0.401 e. The Kier molecular flexibility index (Phi) is 4.66. The quantitative estimate of drug-likeness (QED) is 0.686. The summed E-state index contributed by atoms with van der Waals surface area (Å²) in [5, 5.41) is 13.7. The zero-order chi connectivity index (χ0) is 15.5. The van der Waals surface area contributed by atoms with Crippen molar-refractivity contribution in [3.05, 3.63) is 34.4 Å². The molecule has 0 saturated carbocycles. The molecule has 21 heavy (non-hydrogen) atoms. The second-order valence-corrected chi connectivity index (χ2v) is 5.11. The summed E-state index contributed by atoms with van der Waals surface area (Å²) < 4.78 is 36.8. The molecule has 1 aliphatic rings. The lowest BCUT2D eigenvalue weighted by Gasteiger charge is -2.33. The Bertz CT molecular complexity index is 482. The van der Waals surface area contributed by atoms with E-state index in [2.05, 4.69) is 5.32 Å². The summed E-state index contributed by atoms with van der Waals surface area (Å²) in [7, 11) is 0. The van der Waals surface area contributed by atoms with Crippen LogP contribution in [0, 0.1) is 10.1 Å². The molecular formula is C13H16F3N3O2. The number of nitro groups is 1. The average molecular weight is 303 g/mol. The SMILES string of the molecule is O=[N+]([O-])c1ccc(NC2CCN(CC(F)(F)F)CC2)cc1. The van der Waals surface area contributed by atoms with Crippen molar-refractivity contribution >= 4 is 11.4 Å². The molecule has 116 valence electrons. The van der Waals surface area contributed by atoms with Crippen LogP contribution in [0.2, 0.25) is 0 Å². The van der Waals surface area contributed by atoms with E-state index in [0.29, 0.717) is 25.9 Å². The zero-order valence-corrected chi connectivity index (χ0v) is 11.3. The van der Waals surface area contributed by atoms with Crippen LogP contribution in [-0.2, 0) is 0 Å². The Morgan fingerprint density at radius 1 is 1.24 bits per heavy atom. The van der Waals surface area contributed by atoms with Crippen LogP contribution in [-0.4, -0.2) is 41.7 Å². The van der Waals surface area contributed by atoms with Gasteiger partial charge in [-0.15, -0.1) is 0 Å². The topological polar surface area (TPSA) is 58.4 Å². The van der Waals surface area contributed by atoms with Gasteiger partial charge in [0.15, 0.2) is 0 Å². The van der Waals surface area contributed by atoms with Crippen LogP contribution < -0.4 is 5.32 Å². The molecule has 1 heterocycles. The predicted octanol–water partition coefficient (Wildman–Crippen LogP) is 3.03. The second-order valence-electron chi connectivity index (χ2n) is 5.11. The molecule has 1 saturated heterocycles. The van der Waals surface area contributed by atoms with Crippen LogP contribution in [0.4, 0.5) is 24.5 Å². The summed E-state index contributed by atoms with van der Waals surface area (Å²) in [6.45, 7) is -0.0778. The maximum absolute atomic E-state index is 12.3. The Morgan fingerprint density at radius 2 is 1.81 bits per heavy atom. The van der Waals surface area contributed by atoms with Gasteiger partial charge < -0.3 is 5.32 Å². The highest BCUT2D eigenvalue weighted by molar-refractivity contribution is 5.49. The van der Waals surface area contributed by atoms with Crippen molar-refractivity contribution in [3.8, 4) is 0 Å². The van der Waals surface area contributed by atoms with E-state index in [4.69, 9.17) is 0 Å². The van der Waals surface area contributed by atoms with E-state index in [9.17, 15) is 23.3 Å². The number of benzene rings is 1. The van der Waals surface area contributed by atoms with Gasteiger partial charge in [0.1, 0.15) is 0 Å². The average Bonchev–Trinajstić information content (AvgIpc) is 2.40. The first kappa shape index (κ1) is 15.6. The third-order valence-electron chi connectivity index (χ3n) is 3.44. The van der Waals surface area contributed by atoms with Crippen LogP contribution in [0.5, 0.6) is 0 Å². The number of non-ortho nitro benzene ring substituents is 1. The van der Waals surface area contributed by atoms with Crippen LogP contribution in [0.1, 0.15) is 12.8 Å². The number of piperidine rings is 1. The number of nitrogens with zero attached hydrogens (tertiary/aromatic N) is 2. The highest BCUT2D eigenvalue weighted by atomic mass is 19.4. The van der Waals surface area contributed by atoms with Gasteiger partial charge in [0.25, 0.3) is 5.69 Å². The fourth-order valence-corrected chi connectivity index (χ4v) is 2.40. The Hall–Kier alpha value is -1.83. The number of nitrogens with one attached hydrogen (secondary N) is 1. The summed E-state index contributed by atoms with van der Waals surface area (Å²) in [5.41, 5.74) is 0.760. The summed E-state index contributed by atoms with van der Waals surface area (Å²) in [4.78, 5) is 11.5. The minimum absolute atomic E-state index is 0.0144. The molecule has 1 N–H and O–H groups in total. The number of rotatable bonds is 4. The largest absolute Gasteiger partial charge is 0.401 e. The number of hydrogen-bond acceptors (Lipinski definition) is 4. The molecule has 0 aliphatic carbocycles. The molecule has 1 aromatic carbocycles. The molecule has 0 unspecified atom stereocenters. The molecule has 0 atom stereocenters. The van der Waals surface area contributed by atoms with Crippen molar-refractivity contribution in [2.75, 3.05) is 25.0 Å². The van der Waals surface area contributed by atoms with Gasteiger partial charge in [-0.3, -0.25) is 15.0 Å². The lowest BCUT2D eigenvalue weighted by molar-refractivity contribution is -0.384. The van der Waals surface area contributed by atoms with E-state index in [0.717, 1.165) is 5.69 Å². The zero-order valence-electron chi connectivity index (χ0n) is 11.3. The van der Waals surface area contributed by atoms with E-state index in [1.807, 2.05) is 0 Å². The third-order valence-corrected chi connectivity index (χ3v) is 3.44. The summed E-state index contributed by atoms with van der Waals surface area (Å²) >= 11 is 0. The van der Waals surface area contributed by atoms with Gasteiger partial charge in [-0.2, -0.15) is 13.2 Å². The van der Waals surface area contributed by atoms with E-state index < -0.39 is 17.6 Å². The number of anilines is 1. The van der Waals surface area contributed by atoms with Crippen LogP contribution >= 0.6 is 0 Å². The number of hydrogen-bond donors (Lipinski definition) is 1. The van der Waals surface area contributed by atoms with Gasteiger partial charge in [-0.05, 0) is 25.0 Å². The van der Waals surface area contributed by atoms with E-state index >= 15 is 0 Å². The number of nitro benzene ring substituents is 1. The van der Waals surface area contributed by atoms with Gasteiger partial charge in [-0.1, -0.05) is 0 Å². The van der Waals surface area contributed by atoms with Gasteiger partial charge in [0, 0.05) is 37.0 Å². The first-order chi connectivity index (χ1) is 9.83. The monoisotopic (exact) mass is 303 g/mol. The van der Waals surface area contributed by atoms with Gasteiger partial charge in [0.05, 0.1) is 11.5 Å². The van der Waals surface area contributed by atoms with Crippen molar-refractivity contribution in [3.63, 3.8) is 0 Å². The van der Waals surface area contributed by atoms with Crippen LogP contribution in [0.25, 0.3) is 0 Å². The molecule has 0 spiro atoms. The van der Waals surface area contributed by atoms with E-state index in [1.54, 1.807) is 12.1 Å². The summed E-state index contributed by atoms with van der Waals surface area (Å²) in [5.74, 6) is 0. The fraction of sp³-hybridized carbons (Fsp3) is 0.538. The number of alkyl halides is 3. The minimum Gasteiger partial charge on any atom is -0.382 e. The molecule has 0 amide bonds. The molecule has 0 radical (unpaired) electrons. The van der Waals surface area contributed by atoms with Crippen molar-refractivity contribution in [2.24, 2.45) is 0 Å². The molecule has 5 nitrogen and oxygen atoms in total. The lowest BCUT2D eigenvalue weighted by Crippen LogP contribution is -2.43. The van der Waals surface area contributed by atoms with Crippen LogP contribution in [0.15, 0.2) is 24.3 Å².